The van der Waals surface area contributed by atoms with Crippen LogP contribution in [0.3, 0.4) is 0 Å². The van der Waals surface area contributed by atoms with Gasteiger partial charge in [0.1, 0.15) is 0 Å². The molecule has 3 heterocycles. The lowest BCUT2D eigenvalue weighted by molar-refractivity contribution is 0.0526. The second-order valence-corrected chi connectivity index (χ2v) is 4.82. The van der Waals surface area contributed by atoms with Gasteiger partial charge in [0.2, 0.25) is 0 Å². The van der Waals surface area contributed by atoms with Crippen LogP contribution in [-0.2, 0) is 4.74 Å². The molecule has 0 aliphatic heterocycles. The monoisotopic (exact) mass is 305 g/mol. The first-order valence-corrected chi connectivity index (χ1v) is 7.27. The van der Waals surface area contributed by atoms with Crippen LogP contribution in [0.1, 0.15) is 17.3 Å². The van der Waals surface area contributed by atoms with E-state index in [1.54, 1.807) is 37.8 Å². The Hall–Kier alpha value is -3.08. The van der Waals surface area contributed by atoms with E-state index in [1.165, 1.54) is 6.20 Å². The van der Waals surface area contributed by atoms with Gasteiger partial charge in [0, 0.05) is 47.7 Å². The summed E-state index contributed by atoms with van der Waals surface area (Å²) in [7, 11) is 0. The molecule has 3 aromatic heterocycles. The van der Waals surface area contributed by atoms with Gasteiger partial charge in [0.25, 0.3) is 0 Å². The van der Waals surface area contributed by atoms with Crippen LogP contribution in [-0.4, -0.2) is 27.5 Å². The van der Waals surface area contributed by atoms with Crippen molar-refractivity contribution in [1.29, 1.82) is 0 Å². The fraction of sp³-hybridized carbons (Fsp3) is 0.111. The summed E-state index contributed by atoms with van der Waals surface area (Å²) in [6.45, 7) is 2.10. The summed E-state index contributed by atoms with van der Waals surface area (Å²) in [4.78, 5) is 24.7. The minimum absolute atomic E-state index is 0.325. The van der Waals surface area contributed by atoms with Crippen LogP contribution in [0, 0.1) is 0 Å². The highest BCUT2D eigenvalue weighted by atomic mass is 16.5. The Morgan fingerprint density at radius 1 is 1.04 bits per heavy atom. The van der Waals surface area contributed by atoms with Gasteiger partial charge >= 0.3 is 5.97 Å². The fourth-order valence-electron chi connectivity index (χ4n) is 2.27. The van der Waals surface area contributed by atoms with Crippen molar-refractivity contribution in [3.05, 3.63) is 66.9 Å². The highest BCUT2D eigenvalue weighted by Gasteiger charge is 2.14. The molecule has 114 valence electrons. The molecule has 0 atom stereocenters. The summed E-state index contributed by atoms with van der Waals surface area (Å²) in [5.74, 6) is -0.386. The molecule has 0 N–H and O–H groups in total. The molecule has 0 unspecified atom stereocenters. The Labute approximate surface area is 134 Å². The third kappa shape index (κ3) is 3.23. The highest BCUT2D eigenvalue weighted by Crippen LogP contribution is 2.30. The zero-order valence-electron chi connectivity index (χ0n) is 12.6. The van der Waals surface area contributed by atoms with Crippen LogP contribution in [0.15, 0.2) is 61.3 Å². The van der Waals surface area contributed by atoms with E-state index in [0.717, 1.165) is 22.4 Å². The summed E-state index contributed by atoms with van der Waals surface area (Å²) in [5, 5.41) is 0. The number of rotatable bonds is 4. The van der Waals surface area contributed by atoms with Crippen LogP contribution in [0.2, 0.25) is 0 Å². The van der Waals surface area contributed by atoms with Gasteiger partial charge in [-0.1, -0.05) is 6.07 Å². The molecule has 3 aromatic rings. The molecule has 5 heteroatoms. The van der Waals surface area contributed by atoms with E-state index in [1.807, 2.05) is 24.3 Å². The molecule has 0 amide bonds. The maximum Gasteiger partial charge on any atom is 0.339 e. The van der Waals surface area contributed by atoms with Crippen molar-refractivity contribution < 1.29 is 9.53 Å². The zero-order chi connectivity index (χ0) is 16.1. The van der Waals surface area contributed by atoms with Crippen molar-refractivity contribution in [1.82, 2.24) is 15.0 Å². The first kappa shape index (κ1) is 14.8. The van der Waals surface area contributed by atoms with Gasteiger partial charge in [-0.05, 0) is 31.2 Å². The molecule has 0 radical (unpaired) electrons. The molecule has 0 bridgehead atoms. The predicted molar refractivity (Wildman–Crippen MR) is 86.7 cm³/mol. The second kappa shape index (κ2) is 6.79. The van der Waals surface area contributed by atoms with Crippen molar-refractivity contribution in [3.8, 4) is 22.4 Å². The largest absolute Gasteiger partial charge is 0.462 e. The van der Waals surface area contributed by atoms with Gasteiger partial charge in [-0.3, -0.25) is 15.0 Å². The average Bonchev–Trinajstić information content (AvgIpc) is 2.63. The minimum Gasteiger partial charge on any atom is -0.462 e. The summed E-state index contributed by atoms with van der Waals surface area (Å²) < 4.78 is 5.06. The molecule has 0 fully saturated rings. The number of pyridine rings is 3. The van der Waals surface area contributed by atoms with Crippen molar-refractivity contribution in [2.24, 2.45) is 0 Å². The molecular formula is C18H15N3O2. The number of aromatic nitrogens is 3. The smallest absolute Gasteiger partial charge is 0.339 e. The van der Waals surface area contributed by atoms with E-state index in [4.69, 9.17) is 4.74 Å². The summed E-state index contributed by atoms with van der Waals surface area (Å²) in [6, 6.07) is 9.34. The van der Waals surface area contributed by atoms with Crippen molar-refractivity contribution in [2.45, 2.75) is 6.92 Å². The third-order valence-corrected chi connectivity index (χ3v) is 3.31. The first-order valence-electron chi connectivity index (χ1n) is 7.27. The Bertz CT molecular complexity index is 805. The van der Waals surface area contributed by atoms with E-state index >= 15 is 0 Å². The second-order valence-electron chi connectivity index (χ2n) is 4.82. The maximum atomic E-state index is 12.0. The van der Waals surface area contributed by atoms with Crippen LogP contribution in [0.4, 0.5) is 0 Å². The fourth-order valence-corrected chi connectivity index (χ4v) is 2.27. The number of nitrogens with zero attached hydrogens (tertiary/aromatic N) is 3. The van der Waals surface area contributed by atoms with Crippen LogP contribution < -0.4 is 0 Å². The SMILES string of the molecule is CCOC(=O)c1cnc(-c2cccnc2)c(-c2cccnc2)c1. The Kier molecular flexibility index (Phi) is 4.38. The summed E-state index contributed by atoms with van der Waals surface area (Å²) in [6.07, 6.45) is 8.42. The summed E-state index contributed by atoms with van der Waals surface area (Å²) in [5.41, 5.74) is 3.74. The summed E-state index contributed by atoms with van der Waals surface area (Å²) >= 11 is 0. The van der Waals surface area contributed by atoms with E-state index < -0.39 is 0 Å². The number of ether oxygens (including phenoxy) is 1. The molecule has 3 rings (SSSR count). The Balaban J connectivity index is 2.15. The zero-order valence-corrected chi connectivity index (χ0v) is 12.6. The van der Waals surface area contributed by atoms with Gasteiger partial charge in [0.05, 0.1) is 17.9 Å². The van der Waals surface area contributed by atoms with E-state index in [0.29, 0.717) is 12.2 Å². The average molecular weight is 305 g/mol. The highest BCUT2D eigenvalue weighted by molar-refractivity contribution is 5.92. The van der Waals surface area contributed by atoms with Gasteiger partial charge in [-0.15, -0.1) is 0 Å². The quantitative estimate of drug-likeness (QED) is 0.691. The third-order valence-electron chi connectivity index (χ3n) is 3.31. The van der Waals surface area contributed by atoms with E-state index in [9.17, 15) is 4.79 Å². The lowest BCUT2D eigenvalue weighted by Crippen LogP contribution is -2.06. The topological polar surface area (TPSA) is 65.0 Å². The molecule has 23 heavy (non-hydrogen) atoms. The molecule has 0 spiro atoms. The van der Waals surface area contributed by atoms with Gasteiger partial charge in [-0.2, -0.15) is 0 Å². The molecule has 0 saturated carbocycles. The van der Waals surface area contributed by atoms with Gasteiger partial charge in [-0.25, -0.2) is 4.79 Å². The lowest BCUT2D eigenvalue weighted by atomic mass is 10.00. The molecule has 0 aromatic carbocycles. The minimum atomic E-state index is -0.386. The number of esters is 1. The molecule has 0 aliphatic carbocycles. The van der Waals surface area contributed by atoms with Crippen LogP contribution in [0.25, 0.3) is 22.4 Å². The normalized spacial score (nSPS) is 10.3. The molecule has 5 nitrogen and oxygen atoms in total. The predicted octanol–water partition coefficient (Wildman–Crippen LogP) is 3.38. The molecule has 0 saturated heterocycles. The number of carbonyl (C=O) groups excluding carboxylic acids is 1. The van der Waals surface area contributed by atoms with E-state index in [-0.39, 0.29) is 5.97 Å². The molecule has 0 aliphatic rings. The Morgan fingerprint density at radius 2 is 1.74 bits per heavy atom. The maximum absolute atomic E-state index is 12.0. The lowest BCUT2D eigenvalue weighted by Gasteiger charge is -2.10. The standard InChI is InChI=1S/C18H15N3O2/c1-2-23-18(22)15-9-16(13-5-3-7-19-10-13)17(21-12-15)14-6-4-8-20-11-14/h3-12H,2H2,1H3. The van der Waals surface area contributed by atoms with Crippen LogP contribution in [0.5, 0.6) is 0 Å². The number of carbonyl (C=O) groups is 1. The van der Waals surface area contributed by atoms with Crippen LogP contribution >= 0.6 is 0 Å². The van der Waals surface area contributed by atoms with Gasteiger partial charge < -0.3 is 4.74 Å². The number of hydrogen-bond acceptors (Lipinski definition) is 5. The first-order chi connectivity index (χ1) is 11.3. The van der Waals surface area contributed by atoms with Crippen molar-refractivity contribution >= 4 is 5.97 Å². The van der Waals surface area contributed by atoms with Gasteiger partial charge in [0.15, 0.2) is 0 Å². The van der Waals surface area contributed by atoms with Crippen molar-refractivity contribution in [2.75, 3.05) is 6.61 Å². The Morgan fingerprint density at radius 3 is 2.35 bits per heavy atom. The van der Waals surface area contributed by atoms with Crippen molar-refractivity contribution in [3.63, 3.8) is 0 Å². The van der Waals surface area contributed by atoms with E-state index in [2.05, 4.69) is 15.0 Å². The number of hydrogen-bond donors (Lipinski definition) is 0. The molecular weight excluding hydrogens is 290 g/mol.